The number of aryl methyl sites for hydroxylation is 1. The van der Waals surface area contributed by atoms with Crippen molar-refractivity contribution in [2.24, 2.45) is 11.0 Å². The van der Waals surface area contributed by atoms with E-state index in [1.807, 2.05) is 11.8 Å². The van der Waals surface area contributed by atoms with E-state index in [1.165, 1.54) is 16.9 Å². The first kappa shape index (κ1) is 14.1. The zero-order chi connectivity index (χ0) is 13.9. The zero-order valence-corrected chi connectivity index (χ0v) is 13.4. The Morgan fingerprint density at radius 3 is 2.95 bits per heavy atom. The quantitative estimate of drug-likeness (QED) is 0.850. The Bertz CT molecular complexity index is 528. The smallest absolute Gasteiger partial charge is 0.266 e. The van der Waals surface area contributed by atoms with Gasteiger partial charge in [0, 0.05) is 10.6 Å². The molecule has 0 radical (unpaired) electrons. The Kier molecular flexibility index (Phi) is 4.46. The van der Waals surface area contributed by atoms with Gasteiger partial charge in [0.05, 0.1) is 4.88 Å². The van der Waals surface area contributed by atoms with Gasteiger partial charge < -0.3 is 0 Å². The maximum absolute atomic E-state index is 12.2. The molecule has 0 spiro atoms. The van der Waals surface area contributed by atoms with Crippen LogP contribution in [0.5, 0.6) is 0 Å². The first-order valence-corrected chi connectivity index (χ1v) is 9.24. The molecule has 1 aliphatic heterocycles. The van der Waals surface area contributed by atoms with Crippen LogP contribution >= 0.6 is 23.1 Å². The van der Waals surface area contributed by atoms with E-state index in [1.54, 1.807) is 11.3 Å². The number of nitrogens with one attached hydrogen (secondary N) is 1. The van der Waals surface area contributed by atoms with Crippen molar-refractivity contribution < 1.29 is 4.79 Å². The average molecular weight is 308 g/mol. The summed E-state index contributed by atoms with van der Waals surface area (Å²) in [7, 11) is 0. The number of nitrogens with zero attached hydrogens (tertiary/aromatic N) is 1. The van der Waals surface area contributed by atoms with Gasteiger partial charge in [0.25, 0.3) is 5.91 Å². The summed E-state index contributed by atoms with van der Waals surface area (Å²) in [4.78, 5) is 14.4. The number of hydrogen-bond acceptors (Lipinski definition) is 4. The Balaban J connectivity index is 1.65. The minimum atomic E-state index is -0.0391. The Morgan fingerprint density at radius 1 is 1.35 bits per heavy atom. The van der Waals surface area contributed by atoms with Crippen molar-refractivity contribution >= 4 is 34.7 Å². The number of amides is 1. The predicted molar refractivity (Wildman–Crippen MR) is 87.0 cm³/mol. The molecule has 0 saturated carbocycles. The number of thiophene rings is 1. The molecular formula is C15H20N2OS2. The average Bonchev–Trinajstić information content (AvgIpc) is 2.89. The van der Waals surface area contributed by atoms with Crippen LogP contribution in [0.25, 0.3) is 0 Å². The Hall–Kier alpha value is -0.810. The SMILES string of the molecule is C[C@@H]1CCc2sc(C(=O)NN=C3CCSCC3)cc2C1. The van der Waals surface area contributed by atoms with Crippen molar-refractivity contribution in [1.29, 1.82) is 0 Å². The van der Waals surface area contributed by atoms with E-state index in [0.717, 1.165) is 53.7 Å². The number of fused-ring (bicyclic) bond motifs is 1. The molecule has 2 aliphatic rings. The minimum Gasteiger partial charge on any atom is -0.266 e. The molecule has 1 amide bonds. The largest absolute Gasteiger partial charge is 0.281 e. The van der Waals surface area contributed by atoms with Crippen molar-refractivity contribution in [1.82, 2.24) is 5.43 Å². The van der Waals surface area contributed by atoms with E-state index in [9.17, 15) is 4.79 Å². The number of hydrogen-bond donors (Lipinski definition) is 1. The standard InChI is InChI=1S/C15H20N2OS2/c1-10-2-3-13-11(8-10)9-14(20-13)15(18)17-16-12-4-6-19-7-5-12/h9-10H,2-8H2,1H3,(H,17,18)/t10-/m1/s1. The lowest BCUT2D eigenvalue weighted by Gasteiger charge is -2.16. The lowest BCUT2D eigenvalue weighted by molar-refractivity contribution is 0.0958. The summed E-state index contributed by atoms with van der Waals surface area (Å²) in [6.07, 6.45) is 5.49. The second-order valence-corrected chi connectivity index (χ2v) is 8.00. The third-order valence-corrected chi connectivity index (χ3v) is 6.16. The van der Waals surface area contributed by atoms with Crippen LogP contribution < -0.4 is 5.43 Å². The highest BCUT2D eigenvalue weighted by Crippen LogP contribution is 2.32. The van der Waals surface area contributed by atoms with Gasteiger partial charge >= 0.3 is 0 Å². The van der Waals surface area contributed by atoms with Gasteiger partial charge in [-0.25, -0.2) is 5.43 Å². The van der Waals surface area contributed by atoms with Crippen molar-refractivity contribution in [2.75, 3.05) is 11.5 Å². The predicted octanol–water partition coefficient (Wildman–Crippen LogP) is 3.49. The molecule has 20 heavy (non-hydrogen) atoms. The monoisotopic (exact) mass is 308 g/mol. The van der Waals surface area contributed by atoms with E-state index < -0.39 is 0 Å². The van der Waals surface area contributed by atoms with E-state index >= 15 is 0 Å². The Labute approximate surface area is 128 Å². The van der Waals surface area contributed by atoms with E-state index in [2.05, 4.69) is 23.5 Å². The van der Waals surface area contributed by atoms with Crippen LogP contribution in [0, 0.1) is 5.92 Å². The first-order chi connectivity index (χ1) is 9.72. The normalized spacial score (nSPS) is 22.2. The van der Waals surface area contributed by atoms with Gasteiger partial charge in [-0.15, -0.1) is 11.3 Å². The van der Waals surface area contributed by atoms with Crippen LogP contribution in [0.4, 0.5) is 0 Å². The first-order valence-electron chi connectivity index (χ1n) is 7.27. The number of rotatable bonds is 2. The lowest BCUT2D eigenvalue weighted by Crippen LogP contribution is -2.20. The van der Waals surface area contributed by atoms with E-state index in [0.29, 0.717) is 0 Å². The minimum absolute atomic E-state index is 0.0391. The maximum Gasteiger partial charge on any atom is 0.281 e. The summed E-state index contributed by atoms with van der Waals surface area (Å²) in [5.41, 5.74) is 5.25. The molecule has 0 unspecified atom stereocenters. The van der Waals surface area contributed by atoms with Gasteiger partial charge in [-0.1, -0.05) is 6.92 Å². The number of hydrazone groups is 1. The molecule has 1 aromatic heterocycles. The summed E-state index contributed by atoms with van der Waals surface area (Å²) in [6.45, 7) is 2.29. The second kappa shape index (κ2) is 6.31. The van der Waals surface area contributed by atoms with Crippen molar-refractivity contribution in [3.8, 4) is 0 Å². The van der Waals surface area contributed by atoms with Crippen molar-refractivity contribution in [2.45, 2.75) is 39.0 Å². The highest BCUT2D eigenvalue weighted by molar-refractivity contribution is 7.99. The van der Waals surface area contributed by atoms with Crippen LogP contribution in [0.2, 0.25) is 0 Å². The van der Waals surface area contributed by atoms with Gasteiger partial charge in [-0.2, -0.15) is 16.9 Å². The Morgan fingerprint density at radius 2 is 2.15 bits per heavy atom. The summed E-state index contributed by atoms with van der Waals surface area (Å²) in [6, 6.07) is 2.07. The zero-order valence-electron chi connectivity index (χ0n) is 11.8. The molecule has 1 aromatic rings. The lowest BCUT2D eigenvalue weighted by atomic mass is 9.90. The van der Waals surface area contributed by atoms with Crippen LogP contribution in [0.1, 0.15) is 46.3 Å². The van der Waals surface area contributed by atoms with Crippen LogP contribution in [0.15, 0.2) is 11.2 Å². The summed E-state index contributed by atoms with van der Waals surface area (Å²) in [5, 5.41) is 4.29. The third-order valence-electron chi connectivity index (χ3n) is 3.94. The molecule has 0 aromatic carbocycles. The van der Waals surface area contributed by atoms with Crippen molar-refractivity contribution in [3.63, 3.8) is 0 Å². The highest BCUT2D eigenvalue weighted by atomic mass is 32.2. The fourth-order valence-electron chi connectivity index (χ4n) is 2.72. The summed E-state index contributed by atoms with van der Waals surface area (Å²) >= 11 is 3.60. The molecule has 2 heterocycles. The summed E-state index contributed by atoms with van der Waals surface area (Å²) in [5.74, 6) is 2.95. The fourth-order valence-corrected chi connectivity index (χ4v) is 4.78. The molecule has 0 bridgehead atoms. The van der Waals surface area contributed by atoms with Gasteiger partial charge in [0.15, 0.2) is 0 Å². The molecule has 3 nitrogen and oxygen atoms in total. The maximum atomic E-state index is 12.2. The molecule has 3 rings (SSSR count). The molecule has 1 N–H and O–H groups in total. The van der Waals surface area contributed by atoms with Gasteiger partial charge in [0.1, 0.15) is 0 Å². The highest BCUT2D eigenvalue weighted by Gasteiger charge is 2.20. The van der Waals surface area contributed by atoms with Crippen LogP contribution in [-0.4, -0.2) is 23.1 Å². The van der Waals surface area contributed by atoms with E-state index in [4.69, 9.17) is 0 Å². The van der Waals surface area contributed by atoms with Crippen LogP contribution in [-0.2, 0) is 12.8 Å². The molecule has 1 aliphatic carbocycles. The van der Waals surface area contributed by atoms with E-state index in [-0.39, 0.29) is 5.91 Å². The van der Waals surface area contributed by atoms with Gasteiger partial charge in [-0.05, 0) is 61.2 Å². The van der Waals surface area contributed by atoms with Crippen molar-refractivity contribution in [3.05, 3.63) is 21.4 Å². The molecule has 1 fully saturated rings. The summed E-state index contributed by atoms with van der Waals surface area (Å²) < 4.78 is 0. The molecule has 108 valence electrons. The number of thioether (sulfide) groups is 1. The number of carbonyl (C=O) groups excluding carboxylic acids is 1. The third kappa shape index (κ3) is 3.26. The number of carbonyl (C=O) groups is 1. The topological polar surface area (TPSA) is 41.5 Å². The second-order valence-electron chi connectivity index (χ2n) is 5.64. The van der Waals surface area contributed by atoms with Gasteiger partial charge in [-0.3, -0.25) is 4.79 Å². The van der Waals surface area contributed by atoms with Gasteiger partial charge in [0.2, 0.25) is 0 Å². The van der Waals surface area contributed by atoms with Crippen LogP contribution in [0.3, 0.4) is 0 Å². The molecular weight excluding hydrogens is 288 g/mol. The molecule has 1 saturated heterocycles. The molecule has 5 heteroatoms. The fraction of sp³-hybridized carbons (Fsp3) is 0.600. The molecule has 1 atom stereocenters.